The number of azide groups is 1. The molecular weight excluding hydrogens is 256 g/mol. The van der Waals surface area contributed by atoms with E-state index in [1.54, 1.807) is 0 Å². The van der Waals surface area contributed by atoms with Gasteiger partial charge in [0, 0.05) is 29.6 Å². The number of carbonyl (C=O) groups is 1. The minimum Gasteiger partial charge on any atom is -0.465 e. The molecule has 0 aliphatic carbocycles. The first-order valence-electron chi connectivity index (χ1n) is 4.92. The summed E-state index contributed by atoms with van der Waals surface area (Å²) in [5, 5.41) is 3.41. The van der Waals surface area contributed by atoms with Crippen molar-refractivity contribution in [3.8, 4) is 11.8 Å². The molecule has 18 heavy (non-hydrogen) atoms. The molecule has 0 aliphatic rings. The van der Waals surface area contributed by atoms with E-state index < -0.39 is 5.97 Å². The molecule has 1 aromatic heterocycles. The molecule has 0 aliphatic heterocycles. The van der Waals surface area contributed by atoms with Gasteiger partial charge in [0.2, 0.25) is 0 Å². The van der Waals surface area contributed by atoms with Crippen molar-refractivity contribution in [2.45, 2.75) is 6.42 Å². The monoisotopic (exact) mass is 264 g/mol. The number of carbonyl (C=O) groups excluding carboxylic acids is 1. The number of hydrogen-bond acceptors (Lipinski definition) is 4. The molecular formula is C11H9ClN4O2. The number of ether oxygens (including phenoxy) is 1. The number of nitrogens with zero attached hydrogens (tertiary/aromatic N) is 4. The molecule has 6 nitrogen and oxygen atoms in total. The summed E-state index contributed by atoms with van der Waals surface area (Å²) in [5.41, 5.74) is 8.78. The van der Waals surface area contributed by atoms with Crippen molar-refractivity contribution in [2.24, 2.45) is 5.11 Å². The Morgan fingerprint density at radius 2 is 2.50 bits per heavy atom. The highest BCUT2D eigenvalue weighted by atomic mass is 35.5. The molecule has 0 saturated heterocycles. The number of pyridine rings is 1. The van der Waals surface area contributed by atoms with Gasteiger partial charge in [0.05, 0.1) is 12.7 Å². The highest BCUT2D eigenvalue weighted by molar-refractivity contribution is 6.32. The Hall–Kier alpha value is -2.22. The summed E-state index contributed by atoms with van der Waals surface area (Å²) < 4.78 is 4.56. The Labute approximate surface area is 109 Å². The molecule has 0 atom stereocenters. The number of halogens is 1. The molecule has 0 spiro atoms. The zero-order valence-electron chi connectivity index (χ0n) is 9.55. The van der Waals surface area contributed by atoms with Crippen molar-refractivity contribution >= 4 is 17.6 Å². The second kappa shape index (κ2) is 7.17. The predicted molar refractivity (Wildman–Crippen MR) is 66.1 cm³/mol. The van der Waals surface area contributed by atoms with E-state index in [0.717, 1.165) is 0 Å². The number of aromatic nitrogens is 1. The quantitative estimate of drug-likeness (QED) is 0.160. The van der Waals surface area contributed by atoms with Gasteiger partial charge in [-0.2, -0.15) is 0 Å². The third kappa shape index (κ3) is 3.98. The van der Waals surface area contributed by atoms with E-state index in [2.05, 4.69) is 31.6 Å². The van der Waals surface area contributed by atoms with Crippen LogP contribution in [0, 0.1) is 11.8 Å². The average Bonchev–Trinajstić information content (AvgIpc) is 2.39. The molecule has 92 valence electrons. The fourth-order valence-electron chi connectivity index (χ4n) is 1.08. The second-order valence-electron chi connectivity index (χ2n) is 3.06. The van der Waals surface area contributed by atoms with Crippen LogP contribution in [0.15, 0.2) is 17.4 Å². The summed E-state index contributed by atoms with van der Waals surface area (Å²) >= 11 is 5.76. The number of esters is 1. The van der Waals surface area contributed by atoms with Crippen LogP contribution in [0.2, 0.25) is 5.15 Å². The van der Waals surface area contributed by atoms with Gasteiger partial charge in [-0.05, 0) is 11.6 Å². The summed E-state index contributed by atoms with van der Waals surface area (Å²) in [6.45, 7) is 0.300. The van der Waals surface area contributed by atoms with Crippen LogP contribution in [0.25, 0.3) is 10.4 Å². The molecule has 0 fully saturated rings. The van der Waals surface area contributed by atoms with Crippen molar-refractivity contribution < 1.29 is 9.53 Å². The standard InChI is InChI=1S/C11H9ClN4O2/c1-18-11(17)9-6-8(7-14-10(9)12)4-2-3-5-15-16-13/h6-7H,3,5H2,1H3. The molecule has 0 saturated carbocycles. The van der Waals surface area contributed by atoms with Gasteiger partial charge in [0.15, 0.2) is 0 Å². The lowest BCUT2D eigenvalue weighted by atomic mass is 10.2. The Morgan fingerprint density at radius 1 is 1.72 bits per heavy atom. The van der Waals surface area contributed by atoms with Crippen molar-refractivity contribution in [2.75, 3.05) is 13.7 Å². The lowest BCUT2D eigenvalue weighted by Crippen LogP contribution is -2.03. The molecule has 1 rings (SSSR count). The molecule has 0 amide bonds. The first-order chi connectivity index (χ1) is 8.69. The lowest BCUT2D eigenvalue weighted by Gasteiger charge is -2.01. The van der Waals surface area contributed by atoms with Gasteiger partial charge in [-0.15, -0.1) is 0 Å². The zero-order valence-corrected chi connectivity index (χ0v) is 10.3. The molecule has 0 N–H and O–H groups in total. The van der Waals surface area contributed by atoms with Gasteiger partial charge in [-0.3, -0.25) is 0 Å². The van der Waals surface area contributed by atoms with Crippen molar-refractivity contribution in [3.05, 3.63) is 39.0 Å². The highest BCUT2D eigenvalue weighted by Crippen LogP contribution is 2.14. The van der Waals surface area contributed by atoms with E-state index in [1.165, 1.54) is 19.4 Å². The lowest BCUT2D eigenvalue weighted by molar-refractivity contribution is 0.0600. The van der Waals surface area contributed by atoms with Gasteiger partial charge in [-0.1, -0.05) is 28.6 Å². The van der Waals surface area contributed by atoms with Gasteiger partial charge < -0.3 is 4.74 Å². The molecule has 1 heterocycles. The fraction of sp³-hybridized carbons (Fsp3) is 0.273. The van der Waals surface area contributed by atoms with Crippen LogP contribution in [0.3, 0.4) is 0 Å². The second-order valence-corrected chi connectivity index (χ2v) is 3.42. The molecule has 1 aromatic rings. The van der Waals surface area contributed by atoms with E-state index in [0.29, 0.717) is 18.5 Å². The van der Waals surface area contributed by atoms with Crippen LogP contribution in [0.1, 0.15) is 22.3 Å². The van der Waals surface area contributed by atoms with Crippen molar-refractivity contribution in [3.63, 3.8) is 0 Å². The molecule has 0 aromatic carbocycles. The topological polar surface area (TPSA) is 88.0 Å². The van der Waals surface area contributed by atoms with E-state index in [4.69, 9.17) is 17.1 Å². The maximum Gasteiger partial charge on any atom is 0.341 e. The van der Waals surface area contributed by atoms with E-state index in [1.807, 2.05) is 0 Å². The number of hydrogen-bond donors (Lipinski definition) is 0. The maximum absolute atomic E-state index is 11.4. The van der Waals surface area contributed by atoms with Crippen LogP contribution in [-0.4, -0.2) is 24.6 Å². The maximum atomic E-state index is 11.4. The minimum absolute atomic E-state index is 0.0708. The van der Waals surface area contributed by atoms with Crippen LogP contribution in [0.5, 0.6) is 0 Å². The Kier molecular flexibility index (Phi) is 5.52. The van der Waals surface area contributed by atoms with Crippen LogP contribution in [-0.2, 0) is 4.74 Å². The summed E-state index contributed by atoms with van der Waals surface area (Å²) in [7, 11) is 1.26. The third-order valence-electron chi connectivity index (χ3n) is 1.88. The highest BCUT2D eigenvalue weighted by Gasteiger charge is 2.11. The smallest absolute Gasteiger partial charge is 0.341 e. The SMILES string of the molecule is COC(=O)c1cc(C#CCCN=[N+]=[N-])cnc1Cl. The molecule has 0 bridgehead atoms. The zero-order chi connectivity index (χ0) is 13.4. The summed E-state index contributed by atoms with van der Waals surface area (Å²) in [4.78, 5) is 17.8. The summed E-state index contributed by atoms with van der Waals surface area (Å²) in [6.07, 6.45) is 1.88. The van der Waals surface area contributed by atoms with Crippen molar-refractivity contribution in [1.82, 2.24) is 4.98 Å². The van der Waals surface area contributed by atoms with Gasteiger partial charge in [0.1, 0.15) is 5.15 Å². The third-order valence-corrected chi connectivity index (χ3v) is 2.18. The first-order valence-corrected chi connectivity index (χ1v) is 5.30. The van der Waals surface area contributed by atoms with E-state index in [9.17, 15) is 4.79 Å². The normalized spacial score (nSPS) is 8.78. The average molecular weight is 265 g/mol. The number of methoxy groups -OCH3 is 1. The Bertz CT molecular complexity index is 556. The number of rotatable bonds is 3. The Balaban J connectivity index is 2.84. The first kappa shape index (κ1) is 13.8. The summed E-state index contributed by atoms with van der Waals surface area (Å²) in [6, 6.07) is 1.50. The largest absolute Gasteiger partial charge is 0.465 e. The Morgan fingerprint density at radius 3 is 3.17 bits per heavy atom. The van der Waals surface area contributed by atoms with Gasteiger partial charge in [-0.25, -0.2) is 9.78 Å². The molecule has 0 unspecified atom stereocenters. The summed E-state index contributed by atoms with van der Waals surface area (Å²) in [5.74, 6) is 5.01. The van der Waals surface area contributed by atoms with Gasteiger partial charge in [0.25, 0.3) is 0 Å². The van der Waals surface area contributed by atoms with Gasteiger partial charge >= 0.3 is 5.97 Å². The van der Waals surface area contributed by atoms with E-state index >= 15 is 0 Å². The molecule has 0 radical (unpaired) electrons. The van der Waals surface area contributed by atoms with Crippen molar-refractivity contribution in [1.29, 1.82) is 0 Å². The van der Waals surface area contributed by atoms with Crippen LogP contribution < -0.4 is 0 Å². The van der Waals surface area contributed by atoms with E-state index in [-0.39, 0.29) is 10.7 Å². The fourth-order valence-corrected chi connectivity index (χ4v) is 1.27. The predicted octanol–water partition coefficient (Wildman–Crippen LogP) is 2.57. The van der Waals surface area contributed by atoms with Crippen LogP contribution >= 0.6 is 11.6 Å². The minimum atomic E-state index is -0.565. The van der Waals surface area contributed by atoms with Crippen LogP contribution in [0.4, 0.5) is 0 Å². The molecule has 7 heteroatoms.